The Morgan fingerprint density at radius 2 is 1.64 bits per heavy atom. The Hall–Kier alpha value is -3.26. The van der Waals surface area contributed by atoms with Gasteiger partial charge in [0.05, 0.1) is 11.4 Å². The van der Waals surface area contributed by atoms with Crippen molar-refractivity contribution in [2.24, 2.45) is 0 Å². The van der Waals surface area contributed by atoms with Crippen LogP contribution in [0.3, 0.4) is 0 Å². The number of nitrogens with zero attached hydrogens (tertiary/aromatic N) is 3. The van der Waals surface area contributed by atoms with Gasteiger partial charge >= 0.3 is 0 Å². The van der Waals surface area contributed by atoms with E-state index >= 15 is 0 Å². The van der Waals surface area contributed by atoms with Crippen LogP contribution < -0.4 is 11.1 Å². The largest absolute Gasteiger partial charge is 0.368 e. The van der Waals surface area contributed by atoms with Crippen molar-refractivity contribution in [1.82, 2.24) is 25.1 Å². The molecular formula is C20H21N7S. The first-order chi connectivity index (χ1) is 13.8. The van der Waals surface area contributed by atoms with Gasteiger partial charge in [-0.25, -0.2) is 10.1 Å². The predicted octanol–water partition coefficient (Wildman–Crippen LogP) is 4.04. The van der Waals surface area contributed by atoms with Crippen molar-refractivity contribution in [2.45, 2.75) is 11.6 Å². The van der Waals surface area contributed by atoms with Crippen LogP contribution in [0.25, 0.3) is 22.5 Å². The zero-order chi connectivity index (χ0) is 19.2. The Balaban J connectivity index is 1.43. The second kappa shape index (κ2) is 8.62. The topological polar surface area (TPSA) is 108 Å². The number of imidazole rings is 1. The van der Waals surface area contributed by atoms with Crippen molar-refractivity contribution in [3.05, 3.63) is 60.7 Å². The molecule has 0 atom stereocenters. The van der Waals surface area contributed by atoms with Crippen LogP contribution in [0.5, 0.6) is 0 Å². The molecule has 142 valence electrons. The van der Waals surface area contributed by atoms with Crippen LogP contribution in [-0.4, -0.2) is 37.4 Å². The molecule has 8 heteroatoms. The van der Waals surface area contributed by atoms with E-state index in [0.29, 0.717) is 11.9 Å². The van der Waals surface area contributed by atoms with Gasteiger partial charge in [-0.05, 0) is 6.42 Å². The molecule has 7 nitrogen and oxygen atoms in total. The summed E-state index contributed by atoms with van der Waals surface area (Å²) in [6, 6.07) is 20.6. The third kappa shape index (κ3) is 4.34. The third-order valence-corrected chi connectivity index (χ3v) is 5.10. The molecule has 2 aromatic carbocycles. The molecule has 0 aliphatic rings. The molecule has 0 amide bonds. The highest BCUT2D eigenvalue weighted by Gasteiger charge is 2.14. The molecule has 5 N–H and O–H groups in total. The Morgan fingerprint density at radius 1 is 0.929 bits per heavy atom. The number of thioether (sulfide) groups is 1. The van der Waals surface area contributed by atoms with E-state index in [2.05, 4.69) is 49.7 Å². The fraction of sp³-hybridized carbons (Fsp3) is 0.150. The van der Waals surface area contributed by atoms with Crippen LogP contribution in [0.4, 0.5) is 11.9 Å². The van der Waals surface area contributed by atoms with Crippen LogP contribution in [-0.2, 0) is 0 Å². The second-order valence-corrected chi connectivity index (χ2v) is 7.25. The number of hydrogen-bond donors (Lipinski definition) is 4. The minimum atomic E-state index is 0.314. The molecule has 0 saturated heterocycles. The fourth-order valence-corrected chi connectivity index (χ4v) is 3.65. The van der Waals surface area contributed by atoms with E-state index in [-0.39, 0.29) is 0 Å². The summed E-state index contributed by atoms with van der Waals surface area (Å²) < 4.78 is 0. The van der Waals surface area contributed by atoms with Crippen molar-refractivity contribution >= 4 is 23.7 Å². The second-order valence-electron chi connectivity index (χ2n) is 6.17. The molecule has 0 aliphatic heterocycles. The van der Waals surface area contributed by atoms with Crippen molar-refractivity contribution in [2.75, 3.05) is 23.3 Å². The zero-order valence-corrected chi connectivity index (χ0v) is 16.0. The highest BCUT2D eigenvalue weighted by molar-refractivity contribution is 7.99. The number of aromatic amines is 2. The lowest BCUT2D eigenvalue weighted by Crippen LogP contribution is -2.04. The normalized spacial score (nSPS) is 10.9. The number of H-pyrrole nitrogens is 2. The molecule has 0 unspecified atom stereocenters. The highest BCUT2D eigenvalue weighted by Crippen LogP contribution is 2.32. The minimum absolute atomic E-state index is 0.314. The van der Waals surface area contributed by atoms with Gasteiger partial charge in [-0.2, -0.15) is 4.98 Å². The Morgan fingerprint density at radius 3 is 2.32 bits per heavy atom. The first-order valence-corrected chi connectivity index (χ1v) is 10.0. The molecule has 0 radical (unpaired) electrons. The lowest BCUT2D eigenvalue weighted by molar-refractivity contribution is 0.957. The number of hydrogen-bond acceptors (Lipinski definition) is 6. The quantitative estimate of drug-likeness (QED) is 0.267. The van der Waals surface area contributed by atoms with Gasteiger partial charge < -0.3 is 16.0 Å². The molecule has 0 saturated carbocycles. The van der Waals surface area contributed by atoms with Gasteiger partial charge in [0.1, 0.15) is 0 Å². The van der Waals surface area contributed by atoms with E-state index in [1.54, 1.807) is 11.8 Å². The number of rotatable bonds is 8. The van der Waals surface area contributed by atoms with Gasteiger partial charge in [0, 0.05) is 23.4 Å². The number of benzene rings is 2. The maximum absolute atomic E-state index is 5.51. The molecule has 0 bridgehead atoms. The van der Waals surface area contributed by atoms with E-state index in [9.17, 15) is 0 Å². The smallest absolute Gasteiger partial charge is 0.243 e. The summed E-state index contributed by atoms with van der Waals surface area (Å²) in [4.78, 5) is 12.4. The lowest BCUT2D eigenvalue weighted by atomic mass is 10.1. The monoisotopic (exact) mass is 391 g/mol. The molecule has 4 aromatic rings. The Labute approximate surface area is 167 Å². The van der Waals surface area contributed by atoms with Gasteiger partial charge in [0.25, 0.3) is 0 Å². The summed E-state index contributed by atoms with van der Waals surface area (Å²) in [5.74, 6) is 1.76. The average molecular weight is 392 g/mol. The summed E-state index contributed by atoms with van der Waals surface area (Å²) in [5.41, 5.74) is 9.77. The average Bonchev–Trinajstić information content (AvgIpc) is 3.35. The van der Waals surface area contributed by atoms with E-state index in [1.165, 1.54) is 0 Å². The number of nitrogen functional groups attached to an aromatic ring is 1. The van der Waals surface area contributed by atoms with E-state index in [0.717, 1.165) is 46.4 Å². The summed E-state index contributed by atoms with van der Waals surface area (Å²) in [6.07, 6.45) is 0.946. The minimum Gasteiger partial charge on any atom is -0.368 e. The number of nitrogens with two attached hydrogens (primary N) is 1. The Kier molecular flexibility index (Phi) is 5.58. The molecule has 0 fully saturated rings. The van der Waals surface area contributed by atoms with Gasteiger partial charge in [-0.1, -0.05) is 72.4 Å². The molecule has 0 aliphatic carbocycles. The van der Waals surface area contributed by atoms with Gasteiger partial charge in [-0.3, -0.25) is 0 Å². The SMILES string of the molecule is Nc1nc(NCCCSc2nc(-c3ccccc3)c(-c3ccccc3)[nH]2)n[nH]1. The summed E-state index contributed by atoms with van der Waals surface area (Å²) in [6.45, 7) is 0.766. The first kappa shape index (κ1) is 18.1. The van der Waals surface area contributed by atoms with Crippen LogP contribution in [0.2, 0.25) is 0 Å². The number of aromatic nitrogens is 5. The van der Waals surface area contributed by atoms with Crippen LogP contribution in [0.1, 0.15) is 6.42 Å². The molecule has 0 spiro atoms. The molecule has 2 heterocycles. The van der Waals surface area contributed by atoms with Gasteiger partial charge in [0.15, 0.2) is 5.16 Å². The van der Waals surface area contributed by atoms with Crippen LogP contribution in [0, 0.1) is 0 Å². The zero-order valence-electron chi connectivity index (χ0n) is 15.2. The van der Waals surface area contributed by atoms with Crippen molar-refractivity contribution in [3.63, 3.8) is 0 Å². The molecule has 2 aromatic heterocycles. The standard InChI is InChI=1S/C20H21N7S/c21-18-25-19(27-26-18)22-12-7-13-28-20-23-16(14-8-3-1-4-9-14)17(24-20)15-10-5-2-6-11-15/h1-6,8-11H,7,12-13H2,(H,23,24)(H4,21,22,25,26,27). The summed E-state index contributed by atoms with van der Waals surface area (Å²) >= 11 is 1.71. The maximum Gasteiger partial charge on any atom is 0.243 e. The number of nitrogens with one attached hydrogen (secondary N) is 3. The third-order valence-electron chi connectivity index (χ3n) is 4.14. The number of anilines is 2. The molecule has 4 rings (SSSR count). The maximum atomic E-state index is 5.51. The molecular weight excluding hydrogens is 370 g/mol. The van der Waals surface area contributed by atoms with E-state index < -0.39 is 0 Å². The van der Waals surface area contributed by atoms with Crippen LogP contribution >= 0.6 is 11.8 Å². The summed E-state index contributed by atoms with van der Waals surface area (Å²) in [7, 11) is 0. The van der Waals surface area contributed by atoms with Gasteiger partial charge in [-0.15, -0.1) is 5.10 Å². The van der Waals surface area contributed by atoms with Crippen molar-refractivity contribution < 1.29 is 0 Å². The lowest BCUT2D eigenvalue weighted by Gasteiger charge is -2.02. The van der Waals surface area contributed by atoms with Crippen molar-refractivity contribution in [3.8, 4) is 22.5 Å². The summed E-state index contributed by atoms with van der Waals surface area (Å²) in [5, 5.41) is 10.6. The highest BCUT2D eigenvalue weighted by atomic mass is 32.2. The van der Waals surface area contributed by atoms with E-state index in [4.69, 9.17) is 10.7 Å². The van der Waals surface area contributed by atoms with Crippen molar-refractivity contribution in [1.29, 1.82) is 0 Å². The fourth-order valence-electron chi connectivity index (χ4n) is 2.83. The van der Waals surface area contributed by atoms with Crippen LogP contribution in [0.15, 0.2) is 65.8 Å². The van der Waals surface area contributed by atoms with Gasteiger partial charge in [0.2, 0.25) is 11.9 Å². The van der Waals surface area contributed by atoms with E-state index in [1.807, 2.05) is 36.4 Å². The molecule has 28 heavy (non-hydrogen) atoms. The Bertz CT molecular complexity index is 954. The first-order valence-electron chi connectivity index (χ1n) is 9.05. The predicted molar refractivity (Wildman–Crippen MR) is 114 cm³/mol.